The Labute approximate surface area is 106 Å². The van der Waals surface area contributed by atoms with E-state index in [-0.39, 0.29) is 5.92 Å². The number of carboxylic acid groups (broad SMARTS) is 1. The molecule has 0 saturated heterocycles. The molecule has 0 aliphatic heterocycles. The van der Waals surface area contributed by atoms with E-state index in [4.69, 9.17) is 10.8 Å². The lowest BCUT2D eigenvalue weighted by Gasteiger charge is -2.18. The minimum Gasteiger partial charge on any atom is -0.480 e. The Bertz CT molecular complexity index is 574. The third kappa shape index (κ3) is 1.99. The number of hydrogen-bond acceptors (Lipinski definition) is 2. The molecule has 0 amide bonds. The molecule has 0 saturated carbocycles. The number of aromatic amines is 1. The van der Waals surface area contributed by atoms with Crippen molar-refractivity contribution in [1.82, 2.24) is 4.98 Å². The van der Waals surface area contributed by atoms with Crippen LogP contribution in [0.2, 0.25) is 0 Å². The van der Waals surface area contributed by atoms with Crippen LogP contribution in [-0.2, 0) is 4.79 Å². The quantitative estimate of drug-likeness (QED) is 0.775. The number of aromatic nitrogens is 1. The number of nitrogens with two attached hydrogens (primary N) is 1. The van der Waals surface area contributed by atoms with Crippen LogP contribution in [0.25, 0.3) is 10.9 Å². The molecule has 1 aromatic heterocycles. The van der Waals surface area contributed by atoms with Crippen LogP contribution in [-0.4, -0.2) is 22.1 Å². The van der Waals surface area contributed by atoms with E-state index in [1.807, 2.05) is 38.2 Å². The molecule has 2 rings (SSSR count). The highest BCUT2D eigenvalue weighted by Gasteiger charge is 2.26. The molecular formula is C14H18N2O2. The van der Waals surface area contributed by atoms with Crippen molar-refractivity contribution < 1.29 is 9.90 Å². The van der Waals surface area contributed by atoms with Gasteiger partial charge in [0.2, 0.25) is 0 Å². The maximum atomic E-state index is 11.1. The summed E-state index contributed by atoms with van der Waals surface area (Å²) in [6, 6.07) is 5.15. The summed E-state index contributed by atoms with van der Waals surface area (Å²) >= 11 is 0. The average molecular weight is 246 g/mol. The fourth-order valence-corrected chi connectivity index (χ4v) is 2.47. The predicted molar refractivity (Wildman–Crippen MR) is 71.7 cm³/mol. The first-order chi connectivity index (χ1) is 8.56. The zero-order valence-electron chi connectivity index (χ0n) is 10.6. The van der Waals surface area contributed by atoms with Crippen LogP contribution < -0.4 is 5.73 Å². The van der Waals surface area contributed by atoms with E-state index < -0.39 is 12.0 Å². The van der Waals surface area contributed by atoms with E-state index in [9.17, 15) is 4.79 Å². The first-order valence-corrected chi connectivity index (χ1v) is 6.11. The molecule has 4 N–H and O–H groups in total. The van der Waals surface area contributed by atoms with Crippen molar-refractivity contribution in [2.24, 2.45) is 5.73 Å². The average Bonchev–Trinajstić information content (AvgIpc) is 2.75. The Morgan fingerprint density at radius 1 is 1.50 bits per heavy atom. The number of carboxylic acids is 1. The number of hydrogen-bond donors (Lipinski definition) is 3. The number of fused-ring (bicyclic) bond motifs is 1. The predicted octanol–water partition coefficient (Wildman–Crippen LogP) is 2.38. The lowest BCUT2D eigenvalue weighted by Crippen LogP contribution is -2.36. The molecule has 1 unspecified atom stereocenters. The molecule has 2 atom stereocenters. The molecule has 0 radical (unpaired) electrons. The summed E-state index contributed by atoms with van der Waals surface area (Å²) in [5, 5.41) is 10.1. The molecule has 1 heterocycles. The van der Waals surface area contributed by atoms with E-state index in [1.54, 1.807) is 0 Å². The monoisotopic (exact) mass is 246 g/mol. The second kappa shape index (κ2) is 4.82. The van der Waals surface area contributed by atoms with Crippen molar-refractivity contribution in [2.75, 3.05) is 0 Å². The van der Waals surface area contributed by atoms with Crippen LogP contribution in [0.4, 0.5) is 0 Å². The van der Waals surface area contributed by atoms with E-state index >= 15 is 0 Å². The SMILES string of the molecule is CCC(c1c[nH]c2c(C)cccc12)[C@H](N)C(=O)O. The molecule has 18 heavy (non-hydrogen) atoms. The topological polar surface area (TPSA) is 79.1 Å². The first-order valence-electron chi connectivity index (χ1n) is 6.11. The van der Waals surface area contributed by atoms with Crippen LogP contribution >= 0.6 is 0 Å². The molecule has 0 aliphatic carbocycles. The molecular weight excluding hydrogens is 228 g/mol. The Morgan fingerprint density at radius 3 is 2.83 bits per heavy atom. The fraction of sp³-hybridized carbons (Fsp3) is 0.357. The van der Waals surface area contributed by atoms with Crippen molar-refractivity contribution in [3.05, 3.63) is 35.5 Å². The van der Waals surface area contributed by atoms with E-state index in [0.29, 0.717) is 6.42 Å². The summed E-state index contributed by atoms with van der Waals surface area (Å²) in [7, 11) is 0. The maximum absolute atomic E-state index is 11.1. The van der Waals surface area contributed by atoms with E-state index in [2.05, 4.69) is 4.98 Å². The van der Waals surface area contributed by atoms with Gasteiger partial charge in [0.1, 0.15) is 6.04 Å². The van der Waals surface area contributed by atoms with Gasteiger partial charge in [-0.1, -0.05) is 25.1 Å². The number of H-pyrrole nitrogens is 1. The first kappa shape index (κ1) is 12.6. The van der Waals surface area contributed by atoms with Gasteiger partial charge in [-0.2, -0.15) is 0 Å². The zero-order valence-corrected chi connectivity index (χ0v) is 10.6. The second-order valence-electron chi connectivity index (χ2n) is 4.62. The van der Waals surface area contributed by atoms with Crippen molar-refractivity contribution in [3.63, 3.8) is 0 Å². The third-order valence-corrected chi connectivity index (χ3v) is 3.51. The van der Waals surface area contributed by atoms with Crippen LogP contribution in [0, 0.1) is 6.92 Å². The van der Waals surface area contributed by atoms with Gasteiger partial charge < -0.3 is 15.8 Å². The lowest BCUT2D eigenvalue weighted by atomic mass is 9.89. The fourth-order valence-electron chi connectivity index (χ4n) is 2.47. The molecule has 4 heteroatoms. The van der Waals surface area contributed by atoms with Gasteiger partial charge in [0.15, 0.2) is 0 Å². The molecule has 0 aliphatic rings. The smallest absolute Gasteiger partial charge is 0.321 e. The number of para-hydroxylation sites is 1. The minimum absolute atomic E-state index is 0.168. The maximum Gasteiger partial charge on any atom is 0.321 e. The molecule has 0 fully saturated rings. The Kier molecular flexibility index (Phi) is 3.39. The highest BCUT2D eigenvalue weighted by atomic mass is 16.4. The summed E-state index contributed by atoms with van der Waals surface area (Å²) in [6.07, 6.45) is 2.59. The Hall–Kier alpha value is -1.81. The number of aliphatic carboxylic acids is 1. The molecule has 4 nitrogen and oxygen atoms in total. The van der Waals surface area contributed by atoms with Gasteiger partial charge in [0.25, 0.3) is 0 Å². The zero-order chi connectivity index (χ0) is 13.3. The third-order valence-electron chi connectivity index (χ3n) is 3.51. The van der Waals surface area contributed by atoms with Gasteiger partial charge >= 0.3 is 5.97 Å². The number of benzene rings is 1. The second-order valence-corrected chi connectivity index (χ2v) is 4.62. The normalized spacial score (nSPS) is 14.6. The minimum atomic E-state index is -0.955. The van der Waals surface area contributed by atoms with Gasteiger partial charge in [0.05, 0.1) is 0 Å². The Morgan fingerprint density at radius 2 is 2.22 bits per heavy atom. The molecule has 1 aromatic carbocycles. The van der Waals surface area contributed by atoms with Crippen molar-refractivity contribution in [2.45, 2.75) is 32.2 Å². The summed E-state index contributed by atoms with van der Waals surface area (Å²) in [6.45, 7) is 3.99. The van der Waals surface area contributed by atoms with Crippen molar-refractivity contribution in [1.29, 1.82) is 0 Å². The molecule has 0 spiro atoms. The van der Waals surface area contributed by atoms with E-state index in [1.165, 1.54) is 0 Å². The Balaban J connectivity index is 2.52. The highest BCUT2D eigenvalue weighted by molar-refractivity contribution is 5.87. The van der Waals surface area contributed by atoms with Gasteiger partial charge in [-0.15, -0.1) is 0 Å². The number of nitrogens with one attached hydrogen (secondary N) is 1. The summed E-state index contributed by atoms with van der Waals surface area (Å²) in [5.41, 5.74) is 8.98. The summed E-state index contributed by atoms with van der Waals surface area (Å²) < 4.78 is 0. The van der Waals surface area contributed by atoms with E-state index in [0.717, 1.165) is 22.0 Å². The largest absolute Gasteiger partial charge is 0.480 e. The van der Waals surface area contributed by atoms with Crippen LogP contribution in [0.15, 0.2) is 24.4 Å². The molecule has 2 aromatic rings. The number of rotatable bonds is 4. The lowest BCUT2D eigenvalue weighted by molar-refractivity contribution is -0.139. The summed E-state index contributed by atoms with van der Waals surface area (Å²) in [5.74, 6) is -1.12. The number of carbonyl (C=O) groups is 1. The van der Waals surface area contributed by atoms with Gasteiger partial charge in [-0.25, -0.2) is 0 Å². The van der Waals surface area contributed by atoms with Crippen molar-refractivity contribution in [3.8, 4) is 0 Å². The van der Waals surface area contributed by atoms with Gasteiger partial charge in [-0.05, 0) is 24.5 Å². The van der Waals surface area contributed by atoms with Gasteiger partial charge in [0, 0.05) is 23.0 Å². The highest BCUT2D eigenvalue weighted by Crippen LogP contribution is 2.31. The van der Waals surface area contributed by atoms with Crippen molar-refractivity contribution >= 4 is 16.9 Å². The standard InChI is InChI=1S/C14H18N2O2/c1-3-9(12(15)14(17)18)11-7-16-13-8(2)5-4-6-10(11)13/h4-7,9,12,16H,3,15H2,1-2H3,(H,17,18)/t9?,12-/m0/s1. The summed E-state index contributed by atoms with van der Waals surface area (Å²) in [4.78, 5) is 14.3. The van der Waals surface area contributed by atoms with Crippen LogP contribution in [0.3, 0.4) is 0 Å². The van der Waals surface area contributed by atoms with Gasteiger partial charge in [-0.3, -0.25) is 4.79 Å². The van der Waals surface area contributed by atoms with Crippen LogP contribution in [0.5, 0.6) is 0 Å². The van der Waals surface area contributed by atoms with Crippen LogP contribution in [0.1, 0.15) is 30.4 Å². The molecule has 0 bridgehead atoms. The number of aryl methyl sites for hydroxylation is 1. The molecule has 96 valence electrons.